The monoisotopic (exact) mass is 311 g/mol. The van der Waals surface area contributed by atoms with E-state index in [2.05, 4.69) is 9.88 Å². The van der Waals surface area contributed by atoms with Gasteiger partial charge in [0.2, 0.25) is 5.91 Å². The highest BCUT2D eigenvalue weighted by Crippen LogP contribution is 2.22. The quantitative estimate of drug-likeness (QED) is 0.841. The molecule has 0 radical (unpaired) electrons. The van der Waals surface area contributed by atoms with Gasteiger partial charge in [-0.15, -0.1) is 0 Å². The number of hydrogen-bond donors (Lipinski definition) is 1. The molecule has 0 atom stereocenters. The van der Waals surface area contributed by atoms with Crippen molar-refractivity contribution in [2.24, 2.45) is 0 Å². The number of hydrogen-bond acceptors (Lipinski definition) is 6. The zero-order chi connectivity index (χ0) is 15.6. The van der Waals surface area contributed by atoms with Crippen LogP contribution < -0.4 is 5.73 Å². The maximum Gasteiger partial charge on any atom is 0.266 e. The molecule has 0 aliphatic carbocycles. The van der Waals surface area contributed by atoms with E-state index in [1.807, 2.05) is 0 Å². The van der Waals surface area contributed by atoms with Crippen LogP contribution in [0.2, 0.25) is 0 Å². The van der Waals surface area contributed by atoms with Gasteiger partial charge in [-0.3, -0.25) is 14.5 Å². The molecule has 8 heteroatoms. The first-order valence-corrected chi connectivity index (χ1v) is 7.65. The van der Waals surface area contributed by atoms with Crippen LogP contribution in [0.15, 0.2) is 0 Å². The molecule has 1 aromatic heterocycles. The summed E-state index contributed by atoms with van der Waals surface area (Å²) in [5, 5.41) is 0.422. The molecule has 0 bridgehead atoms. The van der Waals surface area contributed by atoms with Gasteiger partial charge in [0, 0.05) is 40.3 Å². The highest BCUT2D eigenvalue weighted by molar-refractivity contribution is 7.17. The third-order valence-corrected chi connectivity index (χ3v) is 4.50. The van der Waals surface area contributed by atoms with Gasteiger partial charge in [0.25, 0.3) is 5.91 Å². The molecule has 1 fully saturated rings. The first-order chi connectivity index (χ1) is 9.88. The Hall–Kier alpha value is -1.67. The number of thiazole rings is 1. The van der Waals surface area contributed by atoms with E-state index in [1.165, 1.54) is 11.3 Å². The Balaban J connectivity index is 1.90. The fraction of sp³-hybridized carbons (Fsp3) is 0.615. The van der Waals surface area contributed by atoms with E-state index in [4.69, 9.17) is 5.73 Å². The average molecular weight is 311 g/mol. The molecule has 2 rings (SSSR count). The minimum Gasteiger partial charge on any atom is -0.375 e. The summed E-state index contributed by atoms with van der Waals surface area (Å²) in [6.45, 7) is 4.86. The van der Waals surface area contributed by atoms with Crippen molar-refractivity contribution in [3.05, 3.63) is 10.6 Å². The van der Waals surface area contributed by atoms with Crippen molar-refractivity contribution >= 4 is 28.3 Å². The summed E-state index contributed by atoms with van der Waals surface area (Å²) in [4.78, 5) is 34.3. The Labute approximate surface area is 128 Å². The van der Waals surface area contributed by atoms with Gasteiger partial charge >= 0.3 is 0 Å². The van der Waals surface area contributed by atoms with Crippen molar-refractivity contribution in [2.75, 3.05) is 52.6 Å². The lowest BCUT2D eigenvalue weighted by Crippen LogP contribution is -2.51. The molecule has 2 amide bonds. The Morgan fingerprint density at radius 3 is 2.38 bits per heavy atom. The van der Waals surface area contributed by atoms with Gasteiger partial charge in [0.15, 0.2) is 5.13 Å². The maximum absolute atomic E-state index is 12.4. The second-order valence-electron chi connectivity index (χ2n) is 5.32. The molecule has 116 valence electrons. The van der Waals surface area contributed by atoms with Gasteiger partial charge in [-0.1, -0.05) is 11.3 Å². The smallest absolute Gasteiger partial charge is 0.266 e. The summed E-state index contributed by atoms with van der Waals surface area (Å²) in [5.74, 6) is 0.0705. The Bertz CT molecular complexity index is 535. The van der Waals surface area contributed by atoms with Gasteiger partial charge < -0.3 is 15.5 Å². The number of rotatable bonds is 3. The van der Waals surface area contributed by atoms with Crippen molar-refractivity contribution in [1.29, 1.82) is 0 Å². The van der Waals surface area contributed by atoms with Crippen molar-refractivity contribution in [3.8, 4) is 0 Å². The Morgan fingerprint density at radius 2 is 1.90 bits per heavy atom. The van der Waals surface area contributed by atoms with Gasteiger partial charge in [0.1, 0.15) is 4.88 Å². The fourth-order valence-electron chi connectivity index (χ4n) is 2.20. The summed E-state index contributed by atoms with van der Waals surface area (Å²) in [7, 11) is 3.50. The lowest BCUT2D eigenvalue weighted by Gasteiger charge is -2.34. The number of anilines is 1. The van der Waals surface area contributed by atoms with E-state index < -0.39 is 0 Å². The number of amides is 2. The van der Waals surface area contributed by atoms with Crippen molar-refractivity contribution in [2.45, 2.75) is 6.92 Å². The van der Waals surface area contributed by atoms with E-state index in [0.717, 1.165) is 0 Å². The summed E-state index contributed by atoms with van der Waals surface area (Å²) in [6, 6.07) is 0. The van der Waals surface area contributed by atoms with Crippen LogP contribution in [0.25, 0.3) is 0 Å². The molecule has 7 nitrogen and oxygen atoms in total. The van der Waals surface area contributed by atoms with Crippen LogP contribution in [0.4, 0.5) is 5.13 Å². The highest BCUT2D eigenvalue weighted by Gasteiger charge is 2.26. The standard InChI is InChI=1S/C13H21N5O2S/c1-9-11(21-13(14)15-9)12(20)18-6-4-17(5-7-18)8-10(19)16(2)3/h4-8H2,1-3H3,(H2,14,15). The minimum absolute atomic E-state index is 0.0136. The normalized spacial score (nSPS) is 16.0. The van der Waals surface area contributed by atoms with Crippen LogP contribution in [0.3, 0.4) is 0 Å². The second kappa shape index (κ2) is 6.40. The van der Waals surface area contributed by atoms with Crippen LogP contribution in [-0.4, -0.2) is 78.3 Å². The number of piperazine rings is 1. The lowest BCUT2D eigenvalue weighted by atomic mass is 10.2. The van der Waals surface area contributed by atoms with Crippen LogP contribution in [0, 0.1) is 6.92 Å². The van der Waals surface area contributed by atoms with E-state index in [9.17, 15) is 9.59 Å². The maximum atomic E-state index is 12.4. The van der Waals surface area contributed by atoms with Gasteiger partial charge in [-0.25, -0.2) is 4.98 Å². The number of aryl methyl sites for hydroxylation is 1. The van der Waals surface area contributed by atoms with Crippen LogP contribution in [0.5, 0.6) is 0 Å². The Morgan fingerprint density at radius 1 is 1.29 bits per heavy atom. The number of nitrogen functional groups attached to an aromatic ring is 1. The van der Waals surface area contributed by atoms with E-state index in [1.54, 1.807) is 30.8 Å². The zero-order valence-electron chi connectivity index (χ0n) is 12.6. The van der Waals surface area contributed by atoms with E-state index in [-0.39, 0.29) is 11.8 Å². The predicted molar refractivity (Wildman–Crippen MR) is 82.3 cm³/mol. The lowest BCUT2D eigenvalue weighted by molar-refractivity contribution is -0.130. The summed E-state index contributed by atoms with van der Waals surface area (Å²) >= 11 is 1.23. The molecule has 1 aliphatic rings. The number of nitrogens with two attached hydrogens (primary N) is 1. The molecule has 1 aliphatic heterocycles. The summed E-state index contributed by atoms with van der Waals surface area (Å²) in [5.41, 5.74) is 6.33. The highest BCUT2D eigenvalue weighted by atomic mass is 32.1. The fourth-order valence-corrected chi connectivity index (χ4v) is 3.00. The van der Waals surface area contributed by atoms with Gasteiger partial charge in [-0.2, -0.15) is 0 Å². The molecule has 2 heterocycles. The van der Waals surface area contributed by atoms with Crippen LogP contribution in [-0.2, 0) is 4.79 Å². The van der Waals surface area contributed by atoms with E-state index in [0.29, 0.717) is 48.4 Å². The van der Waals surface area contributed by atoms with Gasteiger partial charge in [0.05, 0.1) is 12.2 Å². The first kappa shape index (κ1) is 15.7. The van der Waals surface area contributed by atoms with E-state index >= 15 is 0 Å². The molecule has 21 heavy (non-hydrogen) atoms. The van der Waals surface area contributed by atoms with Gasteiger partial charge in [-0.05, 0) is 6.92 Å². The predicted octanol–water partition coefficient (Wildman–Crippen LogP) is -0.120. The number of aromatic nitrogens is 1. The minimum atomic E-state index is -0.0136. The SMILES string of the molecule is Cc1nc(N)sc1C(=O)N1CCN(CC(=O)N(C)C)CC1. The van der Waals surface area contributed by atoms with Crippen molar-refractivity contribution < 1.29 is 9.59 Å². The van der Waals surface area contributed by atoms with Crippen molar-refractivity contribution in [1.82, 2.24) is 19.7 Å². The average Bonchev–Trinajstić information content (AvgIpc) is 2.77. The topological polar surface area (TPSA) is 82.8 Å². The van der Waals surface area contributed by atoms with Crippen LogP contribution >= 0.6 is 11.3 Å². The third kappa shape index (κ3) is 3.70. The number of nitrogens with zero attached hydrogens (tertiary/aromatic N) is 4. The molecule has 1 aromatic rings. The molecule has 0 unspecified atom stereocenters. The molecule has 2 N–H and O–H groups in total. The third-order valence-electron chi connectivity index (χ3n) is 3.52. The molecule has 0 spiro atoms. The molecule has 0 aromatic carbocycles. The summed E-state index contributed by atoms with van der Waals surface area (Å²) < 4.78 is 0. The molecular formula is C13H21N5O2S. The largest absolute Gasteiger partial charge is 0.375 e. The number of carbonyl (C=O) groups excluding carboxylic acids is 2. The molecular weight excluding hydrogens is 290 g/mol. The molecule has 0 saturated carbocycles. The number of carbonyl (C=O) groups is 2. The Kier molecular flexibility index (Phi) is 4.79. The molecule has 1 saturated heterocycles. The second-order valence-corrected chi connectivity index (χ2v) is 6.35. The first-order valence-electron chi connectivity index (χ1n) is 6.83. The summed E-state index contributed by atoms with van der Waals surface area (Å²) in [6.07, 6.45) is 0. The number of likely N-dealkylation sites (N-methyl/N-ethyl adjacent to an activating group) is 1. The van der Waals surface area contributed by atoms with Crippen LogP contribution in [0.1, 0.15) is 15.4 Å². The van der Waals surface area contributed by atoms with Crippen molar-refractivity contribution in [3.63, 3.8) is 0 Å². The zero-order valence-corrected chi connectivity index (χ0v) is 13.4.